The Hall–Kier alpha value is -2.56. The molecule has 0 unspecified atom stereocenters. The van der Waals surface area contributed by atoms with Crippen molar-refractivity contribution < 1.29 is 4.79 Å². The van der Waals surface area contributed by atoms with E-state index in [1.807, 2.05) is 18.2 Å². The molecule has 0 saturated heterocycles. The van der Waals surface area contributed by atoms with Gasteiger partial charge in [0.2, 0.25) is 0 Å². The summed E-state index contributed by atoms with van der Waals surface area (Å²) < 4.78 is 0. The number of anilines is 2. The molecule has 6 heteroatoms. The van der Waals surface area contributed by atoms with Gasteiger partial charge in [-0.2, -0.15) is 0 Å². The number of hydrogen-bond acceptors (Lipinski definition) is 3. The molecule has 2 N–H and O–H groups in total. The van der Waals surface area contributed by atoms with E-state index < -0.39 is 0 Å². The number of benzene rings is 2. The number of carbonyl (C=O) groups is 1. The van der Waals surface area contributed by atoms with Gasteiger partial charge >= 0.3 is 0 Å². The van der Waals surface area contributed by atoms with Gasteiger partial charge in [-0.1, -0.05) is 53.5 Å². The summed E-state index contributed by atoms with van der Waals surface area (Å²) in [6.45, 7) is 0.747. The van der Waals surface area contributed by atoms with Crippen LogP contribution in [-0.4, -0.2) is 17.4 Å². The Morgan fingerprint density at radius 3 is 2.62 bits per heavy atom. The van der Waals surface area contributed by atoms with Crippen LogP contribution in [0, 0.1) is 0 Å². The van der Waals surface area contributed by atoms with E-state index >= 15 is 0 Å². The molecule has 132 valence electrons. The van der Waals surface area contributed by atoms with Crippen molar-refractivity contribution in [2.75, 3.05) is 17.2 Å². The van der Waals surface area contributed by atoms with E-state index in [0.717, 1.165) is 18.7 Å². The third-order valence-corrected chi connectivity index (χ3v) is 4.33. The largest absolute Gasteiger partial charge is 0.383 e. The summed E-state index contributed by atoms with van der Waals surface area (Å²) >= 11 is 12.0. The first-order valence-electron chi connectivity index (χ1n) is 8.11. The van der Waals surface area contributed by atoms with Crippen molar-refractivity contribution in [2.45, 2.75) is 6.42 Å². The molecule has 0 saturated carbocycles. The maximum atomic E-state index is 12.4. The summed E-state index contributed by atoms with van der Waals surface area (Å²) in [6, 6.07) is 16.9. The highest BCUT2D eigenvalue weighted by molar-refractivity contribution is 6.35. The standard InChI is InChI=1S/C20H17Cl2N3O/c21-16-6-7-18(22)19(11-16)25-20(26)15-10-17(13-23-12-15)24-9-8-14-4-2-1-3-5-14/h1-7,10-13,24H,8-9H2,(H,25,26). The maximum Gasteiger partial charge on any atom is 0.257 e. The fourth-order valence-corrected chi connectivity index (χ4v) is 2.78. The zero-order valence-electron chi connectivity index (χ0n) is 13.9. The van der Waals surface area contributed by atoms with Crippen molar-refractivity contribution in [1.29, 1.82) is 0 Å². The number of nitrogens with zero attached hydrogens (tertiary/aromatic N) is 1. The van der Waals surface area contributed by atoms with E-state index in [0.29, 0.717) is 21.3 Å². The molecule has 1 heterocycles. The second-order valence-electron chi connectivity index (χ2n) is 5.70. The number of carbonyl (C=O) groups excluding carboxylic acids is 1. The van der Waals surface area contributed by atoms with Crippen LogP contribution in [0.5, 0.6) is 0 Å². The molecule has 4 nitrogen and oxygen atoms in total. The van der Waals surface area contributed by atoms with Crippen LogP contribution in [0.25, 0.3) is 0 Å². The first-order valence-corrected chi connectivity index (χ1v) is 8.86. The van der Waals surface area contributed by atoms with Gasteiger partial charge in [0.25, 0.3) is 5.91 Å². The van der Waals surface area contributed by atoms with Crippen LogP contribution in [-0.2, 0) is 6.42 Å². The molecule has 0 aliphatic carbocycles. The summed E-state index contributed by atoms with van der Waals surface area (Å²) in [7, 11) is 0. The molecule has 1 aromatic heterocycles. The van der Waals surface area contributed by atoms with Crippen LogP contribution < -0.4 is 10.6 Å². The topological polar surface area (TPSA) is 54.0 Å². The molecule has 2 aromatic carbocycles. The highest BCUT2D eigenvalue weighted by Gasteiger charge is 2.10. The third kappa shape index (κ3) is 4.97. The molecule has 0 fully saturated rings. The average molecular weight is 386 g/mol. The van der Waals surface area contributed by atoms with Gasteiger partial charge in [-0.15, -0.1) is 0 Å². The summed E-state index contributed by atoms with van der Waals surface area (Å²) in [4.78, 5) is 16.6. The molecular formula is C20H17Cl2N3O. The minimum absolute atomic E-state index is 0.298. The number of halogens is 2. The molecule has 0 atom stereocenters. The van der Waals surface area contributed by atoms with Gasteiger partial charge in [0, 0.05) is 24.0 Å². The van der Waals surface area contributed by atoms with Gasteiger partial charge in [0.15, 0.2) is 0 Å². The Bertz CT molecular complexity index is 901. The van der Waals surface area contributed by atoms with Crippen LogP contribution in [0.2, 0.25) is 10.0 Å². The molecular weight excluding hydrogens is 369 g/mol. The van der Waals surface area contributed by atoms with E-state index in [1.54, 1.807) is 30.5 Å². The molecule has 0 aliphatic heterocycles. The van der Waals surface area contributed by atoms with E-state index in [-0.39, 0.29) is 5.91 Å². The van der Waals surface area contributed by atoms with E-state index in [4.69, 9.17) is 23.2 Å². The van der Waals surface area contributed by atoms with Gasteiger partial charge < -0.3 is 10.6 Å². The fourth-order valence-electron chi connectivity index (χ4n) is 2.44. The van der Waals surface area contributed by atoms with Crippen molar-refractivity contribution in [1.82, 2.24) is 4.98 Å². The first-order chi connectivity index (χ1) is 12.6. The Morgan fingerprint density at radius 1 is 1.00 bits per heavy atom. The Labute approximate surface area is 162 Å². The Balaban J connectivity index is 1.62. The van der Waals surface area contributed by atoms with Gasteiger partial charge in [-0.3, -0.25) is 9.78 Å². The predicted octanol–water partition coefficient (Wildman–Crippen LogP) is 5.30. The lowest BCUT2D eigenvalue weighted by Crippen LogP contribution is -2.13. The number of aromatic nitrogens is 1. The van der Waals surface area contributed by atoms with Gasteiger partial charge in [-0.25, -0.2) is 0 Å². The van der Waals surface area contributed by atoms with Gasteiger partial charge in [0.05, 0.1) is 22.0 Å². The molecule has 3 aromatic rings. The quantitative estimate of drug-likeness (QED) is 0.605. The summed E-state index contributed by atoms with van der Waals surface area (Å²) in [5, 5.41) is 6.96. The van der Waals surface area contributed by atoms with E-state index in [2.05, 4.69) is 27.8 Å². The molecule has 0 bridgehead atoms. The maximum absolute atomic E-state index is 12.4. The summed E-state index contributed by atoms with van der Waals surface area (Å²) in [5.41, 5.74) is 2.93. The van der Waals surface area contributed by atoms with Crippen molar-refractivity contribution in [3.05, 3.63) is 88.2 Å². The SMILES string of the molecule is O=C(Nc1cc(Cl)ccc1Cl)c1cncc(NCCc2ccccc2)c1. The predicted molar refractivity (Wildman–Crippen MR) is 107 cm³/mol. The second kappa shape index (κ2) is 8.70. The lowest BCUT2D eigenvalue weighted by atomic mass is 10.1. The number of pyridine rings is 1. The minimum Gasteiger partial charge on any atom is -0.383 e. The second-order valence-corrected chi connectivity index (χ2v) is 6.55. The van der Waals surface area contributed by atoms with Crippen molar-refractivity contribution in [3.63, 3.8) is 0 Å². The van der Waals surface area contributed by atoms with Crippen molar-refractivity contribution >= 4 is 40.5 Å². The normalized spacial score (nSPS) is 10.4. The number of hydrogen-bond donors (Lipinski definition) is 2. The van der Waals surface area contributed by atoms with Crippen molar-refractivity contribution in [3.8, 4) is 0 Å². The average Bonchev–Trinajstić information content (AvgIpc) is 2.66. The zero-order valence-corrected chi connectivity index (χ0v) is 15.4. The van der Waals surface area contributed by atoms with E-state index in [9.17, 15) is 4.79 Å². The smallest absolute Gasteiger partial charge is 0.257 e. The number of rotatable bonds is 6. The summed E-state index contributed by atoms with van der Waals surface area (Å²) in [5.74, 6) is -0.298. The molecule has 26 heavy (non-hydrogen) atoms. The molecule has 1 amide bonds. The molecule has 0 aliphatic rings. The highest BCUT2D eigenvalue weighted by Crippen LogP contribution is 2.26. The van der Waals surface area contributed by atoms with Gasteiger partial charge in [-0.05, 0) is 36.2 Å². The Kier molecular flexibility index (Phi) is 6.10. The molecule has 3 rings (SSSR count). The van der Waals surface area contributed by atoms with Crippen LogP contribution in [0.4, 0.5) is 11.4 Å². The van der Waals surface area contributed by atoms with Crippen LogP contribution in [0.3, 0.4) is 0 Å². The first kappa shape index (κ1) is 18.2. The third-order valence-electron chi connectivity index (χ3n) is 3.76. The monoisotopic (exact) mass is 385 g/mol. The summed E-state index contributed by atoms with van der Waals surface area (Å²) in [6.07, 6.45) is 4.08. The number of amides is 1. The lowest BCUT2D eigenvalue weighted by Gasteiger charge is -2.10. The van der Waals surface area contributed by atoms with Crippen LogP contribution >= 0.6 is 23.2 Å². The van der Waals surface area contributed by atoms with Crippen molar-refractivity contribution in [2.24, 2.45) is 0 Å². The zero-order chi connectivity index (χ0) is 18.4. The lowest BCUT2D eigenvalue weighted by molar-refractivity contribution is 0.102. The fraction of sp³-hybridized carbons (Fsp3) is 0.100. The van der Waals surface area contributed by atoms with Crippen LogP contribution in [0.1, 0.15) is 15.9 Å². The Morgan fingerprint density at radius 2 is 1.81 bits per heavy atom. The molecule has 0 radical (unpaired) electrons. The van der Waals surface area contributed by atoms with Gasteiger partial charge in [0.1, 0.15) is 0 Å². The molecule has 0 spiro atoms. The minimum atomic E-state index is -0.298. The van der Waals surface area contributed by atoms with Crippen LogP contribution in [0.15, 0.2) is 67.0 Å². The number of nitrogens with one attached hydrogen (secondary N) is 2. The highest BCUT2D eigenvalue weighted by atomic mass is 35.5. The van der Waals surface area contributed by atoms with E-state index in [1.165, 1.54) is 11.8 Å².